The first kappa shape index (κ1) is 10.4. The number of hydrogen-bond acceptors (Lipinski definition) is 4. The highest BCUT2D eigenvalue weighted by Gasteiger charge is 2.36. The molecule has 15 heavy (non-hydrogen) atoms. The van der Waals surface area contributed by atoms with Crippen LogP contribution in [0.2, 0.25) is 0 Å². The second-order valence-electron chi connectivity index (χ2n) is 3.76. The predicted molar refractivity (Wildman–Crippen MR) is 58.5 cm³/mol. The number of sulfone groups is 1. The molecule has 2 atom stereocenters. The minimum absolute atomic E-state index is 0.00304. The van der Waals surface area contributed by atoms with E-state index in [1.54, 1.807) is 0 Å². The summed E-state index contributed by atoms with van der Waals surface area (Å²) in [5.74, 6) is -0.138. The number of aliphatic hydroxyl groups is 1. The standard InChI is InChI=1S/C10H13NO3S/c12-10-7-15(13,14)6-9(10)11-8-4-2-1-3-5-8/h1-5,9-12H,6-7H2/t9-,10-/m0/s1. The van der Waals surface area contributed by atoms with Gasteiger partial charge in [-0.3, -0.25) is 0 Å². The van der Waals surface area contributed by atoms with Crippen LogP contribution in [0.4, 0.5) is 5.69 Å². The maximum atomic E-state index is 11.2. The molecule has 4 nitrogen and oxygen atoms in total. The van der Waals surface area contributed by atoms with Gasteiger partial charge >= 0.3 is 0 Å². The van der Waals surface area contributed by atoms with Crippen molar-refractivity contribution in [3.63, 3.8) is 0 Å². The fraction of sp³-hybridized carbons (Fsp3) is 0.400. The van der Waals surface area contributed by atoms with Crippen molar-refractivity contribution in [3.05, 3.63) is 30.3 Å². The second kappa shape index (κ2) is 3.83. The largest absolute Gasteiger partial charge is 0.390 e. The molecule has 1 fully saturated rings. The summed E-state index contributed by atoms with van der Waals surface area (Å²) >= 11 is 0. The summed E-state index contributed by atoms with van der Waals surface area (Å²) in [4.78, 5) is 0. The van der Waals surface area contributed by atoms with Gasteiger partial charge in [-0.1, -0.05) is 18.2 Å². The normalized spacial score (nSPS) is 28.9. The lowest BCUT2D eigenvalue weighted by Crippen LogP contribution is -2.31. The molecule has 1 aromatic rings. The van der Waals surface area contributed by atoms with Crippen molar-refractivity contribution in [2.75, 3.05) is 16.8 Å². The van der Waals surface area contributed by atoms with Crippen LogP contribution in [0.25, 0.3) is 0 Å². The quantitative estimate of drug-likeness (QED) is 0.760. The van der Waals surface area contributed by atoms with Crippen LogP contribution >= 0.6 is 0 Å². The van der Waals surface area contributed by atoms with Gasteiger partial charge in [-0.15, -0.1) is 0 Å². The summed E-state index contributed by atoms with van der Waals surface area (Å²) in [5.41, 5.74) is 0.832. The fourth-order valence-electron chi connectivity index (χ4n) is 1.72. The number of rotatable bonds is 2. The average molecular weight is 227 g/mol. The first-order valence-electron chi connectivity index (χ1n) is 4.77. The summed E-state index contributed by atoms with van der Waals surface area (Å²) in [7, 11) is -3.08. The number of benzene rings is 1. The van der Waals surface area contributed by atoms with E-state index in [1.807, 2.05) is 30.3 Å². The molecule has 1 heterocycles. The molecule has 1 saturated heterocycles. The van der Waals surface area contributed by atoms with Crippen molar-refractivity contribution < 1.29 is 13.5 Å². The van der Waals surface area contributed by atoms with E-state index < -0.39 is 22.0 Å². The highest BCUT2D eigenvalue weighted by atomic mass is 32.2. The van der Waals surface area contributed by atoms with Crippen LogP contribution in [0.15, 0.2) is 30.3 Å². The van der Waals surface area contributed by atoms with Gasteiger partial charge in [0.2, 0.25) is 0 Å². The zero-order valence-electron chi connectivity index (χ0n) is 8.13. The molecule has 0 saturated carbocycles. The summed E-state index contributed by atoms with van der Waals surface area (Å²) in [6.45, 7) is 0. The van der Waals surface area contributed by atoms with E-state index >= 15 is 0 Å². The molecule has 5 heteroatoms. The Hall–Kier alpha value is -1.07. The summed E-state index contributed by atoms with van der Waals surface area (Å²) in [6, 6.07) is 8.90. The molecule has 0 radical (unpaired) electrons. The van der Waals surface area contributed by atoms with Crippen molar-refractivity contribution in [1.29, 1.82) is 0 Å². The maximum Gasteiger partial charge on any atom is 0.155 e. The Balaban J connectivity index is 2.08. The topological polar surface area (TPSA) is 66.4 Å². The van der Waals surface area contributed by atoms with Gasteiger partial charge in [0.25, 0.3) is 0 Å². The predicted octanol–water partition coefficient (Wildman–Crippen LogP) is 0.256. The highest BCUT2D eigenvalue weighted by molar-refractivity contribution is 7.91. The lowest BCUT2D eigenvalue weighted by molar-refractivity contribution is 0.190. The lowest BCUT2D eigenvalue weighted by atomic mass is 10.2. The fourth-order valence-corrected chi connectivity index (χ4v) is 3.46. The van der Waals surface area contributed by atoms with Gasteiger partial charge in [0.1, 0.15) is 0 Å². The van der Waals surface area contributed by atoms with Crippen LogP contribution < -0.4 is 5.32 Å². The Morgan fingerprint density at radius 1 is 1.20 bits per heavy atom. The molecule has 2 rings (SSSR count). The van der Waals surface area contributed by atoms with Gasteiger partial charge in [-0.25, -0.2) is 8.42 Å². The Morgan fingerprint density at radius 3 is 2.40 bits per heavy atom. The van der Waals surface area contributed by atoms with E-state index in [2.05, 4.69) is 5.32 Å². The van der Waals surface area contributed by atoms with Crippen LogP contribution in [-0.2, 0) is 9.84 Å². The van der Waals surface area contributed by atoms with Crippen LogP contribution in [-0.4, -0.2) is 37.2 Å². The molecule has 0 spiro atoms. The lowest BCUT2D eigenvalue weighted by Gasteiger charge is -2.15. The average Bonchev–Trinajstić information content (AvgIpc) is 2.41. The molecule has 1 aliphatic rings. The first-order chi connectivity index (χ1) is 7.07. The van der Waals surface area contributed by atoms with Crippen molar-refractivity contribution in [3.8, 4) is 0 Å². The Kier molecular flexibility index (Phi) is 2.67. The molecule has 0 aliphatic carbocycles. The SMILES string of the molecule is O=S1(=O)C[C@H](Nc2ccccc2)[C@@H](O)C1. The third-order valence-corrected chi connectivity index (χ3v) is 4.16. The molecule has 0 amide bonds. The third kappa shape index (κ3) is 2.49. The number of para-hydroxylation sites is 1. The van der Waals surface area contributed by atoms with Crippen molar-refractivity contribution in [1.82, 2.24) is 0 Å². The van der Waals surface area contributed by atoms with Crippen LogP contribution in [0.3, 0.4) is 0 Å². The molecule has 1 aromatic carbocycles. The Labute approximate surface area is 88.9 Å². The highest BCUT2D eigenvalue weighted by Crippen LogP contribution is 2.17. The van der Waals surface area contributed by atoms with E-state index in [9.17, 15) is 13.5 Å². The van der Waals surface area contributed by atoms with Gasteiger partial charge in [-0.05, 0) is 12.1 Å². The zero-order chi connectivity index (χ0) is 10.9. The van der Waals surface area contributed by atoms with E-state index in [4.69, 9.17) is 0 Å². The van der Waals surface area contributed by atoms with Crippen LogP contribution in [0.5, 0.6) is 0 Å². The zero-order valence-corrected chi connectivity index (χ0v) is 8.94. The number of aliphatic hydroxyl groups excluding tert-OH is 1. The van der Waals surface area contributed by atoms with Crippen molar-refractivity contribution in [2.24, 2.45) is 0 Å². The minimum atomic E-state index is -3.08. The molecular formula is C10H13NO3S. The van der Waals surface area contributed by atoms with E-state index in [1.165, 1.54) is 0 Å². The van der Waals surface area contributed by atoms with Crippen LogP contribution in [0, 0.1) is 0 Å². The van der Waals surface area contributed by atoms with Gasteiger partial charge in [0.15, 0.2) is 9.84 Å². The molecule has 0 aromatic heterocycles. The van der Waals surface area contributed by atoms with Crippen molar-refractivity contribution in [2.45, 2.75) is 12.1 Å². The van der Waals surface area contributed by atoms with Gasteiger partial charge in [-0.2, -0.15) is 0 Å². The van der Waals surface area contributed by atoms with Crippen molar-refractivity contribution >= 4 is 15.5 Å². The Bertz CT molecular complexity index is 429. The van der Waals surface area contributed by atoms with Gasteiger partial charge < -0.3 is 10.4 Å². The summed E-state index contributed by atoms with van der Waals surface area (Å²) in [6.07, 6.45) is -0.810. The van der Waals surface area contributed by atoms with Crippen LogP contribution in [0.1, 0.15) is 0 Å². The van der Waals surface area contributed by atoms with Gasteiger partial charge in [0.05, 0.1) is 23.7 Å². The molecule has 82 valence electrons. The smallest absolute Gasteiger partial charge is 0.155 e. The summed E-state index contributed by atoms with van der Waals surface area (Å²) in [5, 5.41) is 12.6. The number of nitrogens with one attached hydrogen (secondary N) is 1. The number of hydrogen-bond donors (Lipinski definition) is 2. The first-order valence-corrected chi connectivity index (χ1v) is 6.59. The minimum Gasteiger partial charge on any atom is -0.390 e. The van der Waals surface area contributed by atoms with E-state index in [0.29, 0.717) is 0 Å². The van der Waals surface area contributed by atoms with E-state index in [-0.39, 0.29) is 11.5 Å². The Morgan fingerprint density at radius 2 is 1.87 bits per heavy atom. The monoisotopic (exact) mass is 227 g/mol. The molecule has 0 unspecified atom stereocenters. The maximum absolute atomic E-state index is 11.2. The molecule has 0 bridgehead atoms. The number of anilines is 1. The third-order valence-electron chi connectivity index (χ3n) is 2.45. The van der Waals surface area contributed by atoms with Gasteiger partial charge in [0, 0.05) is 5.69 Å². The van der Waals surface area contributed by atoms with E-state index in [0.717, 1.165) is 5.69 Å². The molecule has 2 N–H and O–H groups in total. The molecular weight excluding hydrogens is 214 g/mol. The molecule has 1 aliphatic heterocycles. The second-order valence-corrected chi connectivity index (χ2v) is 5.91. The summed E-state index contributed by atoms with van der Waals surface area (Å²) < 4.78 is 22.5.